The Morgan fingerprint density at radius 2 is 1.95 bits per heavy atom. The molecule has 1 N–H and O–H groups in total. The third-order valence-corrected chi connectivity index (χ3v) is 4.18. The molecule has 0 saturated carbocycles. The van der Waals surface area contributed by atoms with Crippen LogP contribution in [0.15, 0.2) is 24.3 Å². The Labute approximate surface area is 119 Å². The SMILES string of the molecule is C[C@H](O)C1CCN(CCc2ccc([N+](=O)[O-])cc2)CC1. The first kappa shape index (κ1) is 14.9. The number of benzene rings is 1. The third kappa shape index (κ3) is 4.02. The minimum atomic E-state index is -0.370. The first-order chi connectivity index (χ1) is 9.56. The fourth-order valence-electron chi connectivity index (χ4n) is 2.73. The Morgan fingerprint density at radius 3 is 2.45 bits per heavy atom. The molecule has 110 valence electrons. The van der Waals surface area contributed by atoms with Gasteiger partial charge in [-0.25, -0.2) is 0 Å². The quantitative estimate of drug-likeness (QED) is 0.662. The van der Waals surface area contributed by atoms with E-state index in [9.17, 15) is 15.2 Å². The van der Waals surface area contributed by atoms with E-state index < -0.39 is 0 Å². The van der Waals surface area contributed by atoms with Crippen molar-refractivity contribution >= 4 is 5.69 Å². The summed E-state index contributed by atoms with van der Waals surface area (Å²) in [7, 11) is 0. The first-order valence-corrected chi connectivity index (χ1v) is 7.20. The Kier molecular flexibility index (Phi) is 5.09. The van der Waals surface area contributed by atoms with E-state index >= 15 is 0 Å². The lowest BCUT2D eigenvalue weighted by molar-refractivity contribution is -0.384. The molecule has 0 radical (unpaired) electrons. The summed E-state index contributed by atoms with van der Waals surface area (Å²) in [5, 5.41) is 20.1. The summed E-state index contributed by atoms with van der Waals surface area (Å²) >= 11 is 0. The molecule has 1 atom stereocenters. The standard InChI is InChI=1S/C15H22N2O3/c1-12(18)14-7-10-16(11-8-14)9-6-13-2-4-15(5-3-13)17(19)20/h2-5,12,14,18H,6-11H2,1H3/t12-/m0/s1. The minimum Gasteiger partial charge on any atom is -0.393 e. The monoisotopic (exact) mass is 278 g/mol. The van der Waals surface area contributed by atoms with E-state index in [2.05, 4.69) is 4.90 Å². The molecule has 1 aliphatic heterocycles. The van der Waals surface area contributed by atoms with E-state index in [1.165, 1.54) is 0 Å². The summed E-state index contributed by atoms with van der Waals surface area (Å²) in [5.74, 6) is 0.436. The Hall–Kier alpha value is -1.46. The summed E-state index contributed by atoms with van der Waals surface area (Å²) in [6.07, 6.45) is 2.82. The molecule has 0 unspecified atom stereocenters. The van der Waals surface area contributed by atoms with Crippen molar-refractivity contribution in [1.82, 2.24) is 4.90 Å². The summed E-state index contributed by atoms with van der Waals surface area (Å²) in [6, 6.07) is 6.80. The van der Waals surface area contributed by atoms with Crippen LogP contribution in [0.3, 0.4) is 0 Å². The molecule has 1 aromatic carbocycles. The highest BCUT2D eigenvalue weighted by Gasteiger charge is 2.22. The van der Waals surface area contributed by atoms with Gasteiger partial charge in [0.05, 0.1) is 11.0 Å². The van der Waals surface area contributed by atoms with Crippen LogP contribution in [-0.4, -0.2) is 40.7 Å². The lowest BCUT2D eigenvalue weighted by atomic mass is 9.92. The molecule has 0 aromatic heterocycles. The average Bonchev–Trinajstić information content (AvgIpc) is 2.46. The normalized spacial score (nSPS) is 18.9. The van der Waals surface area contributed by atoms with Crippen molar-refractivity contribution in [1.29, 1.82) is 0 Å². The van der Waals surface area contributed by atoms with Gasteiger partial charge in [-0.15, -0.1) is 0 Å². The van der Waals surface area contributed by atoms with E-state index in [-0.39, 0.29) is 16.7 Å². The maximum Gasteiger partial charge on any atom is 0.269 e. The van der Waals surface area contributed by atoms with Crippen molar-refractivity contribution in [2.24, 2.45) is 5.92 Å². The van der Waals surface area contributed by atoms with Crippen LogP contribution in [0.1, 0.15) is 25.3 Å². The predicted molar refractivity (Wildman–Crippen MR) is 77.6 cm³/mol. The van der Waals surface area contributed by atoms with Gasteiger partial charge in [-0.05, 0) is 50.8 Å². The van der Waals surface area contributed by atoms with Crippen LogP contribution in [0.2, 0.25) is 0 Å². The van der Waals surface area contributed by atoms with Gasteiger partial charge in [0.15, 0.2) is 0 Å². The number of aliphatic hydroxyl groups excluding tert-OH is 1. The molecule has 1 aromatic rings. The van der Waals surface area contributed by atoms with Crippen LogP contribution < -0.4 is 0 Å². The van der Waals surface area contributed by atoms with Gasteiger partial charge in [-0.1, -0.05) is 12.1 Å². The minimum absolute atomic E-state index is 0.145. The Bertz CT molecular complexity index is 437. The molecule has 20 heavy (non-hydrogen) atoms. The van der Waals surface area contributed by atoms with Crippen molar-refractivity contribution < 1.29 is 10.0 Å². The second kappa shape index (κ2) is 6.81. The van der Waals surface area contributed by atoms with Crippen LogP contribution in [0.5, 0.6) is 0 Å². The summed E-state index contributed by atoms with van der Waals surface area (Å²) < 4.78 is 0. The smallest absolute Gasteiger partial charge is 0.269 e. The molecule has 0 amide bonds. The average molecular weight is 278 g/mol. The Morgan fingerprint density at radius 1 is 1.35 bits per heavy atom. The van der Waals surface area contributed by atoms with Gasteiger partial charge in [0, 0.05) is 18.7 Å². The highest BCUT2D eigenvalue weighted by atomic mass is 16.6. The number of nitro benzene ring substituents is 1. The van der Waals surface area contributed by atoms with Crippen LogP contribution in [0.25, 0.3) is 0 Å². The van der Waals surface area contributed by atoms with Crippen molar-refractivity contribution in [3.63, 3.8) is 0 Å². The number of nitrogens with zero attached hydrogens (tertiary/aromatic N) is 2. The number of non-ortho nitro benzene ring substituents is 1. The zero-order valence-electron chi connectivity index (χ0n) is 11.9. The molecule has 1 aliphatic rings. The number of hydrogen-bond acceptors (Lipinski definition) is 4. The molecule has 1 saturated heterocycles. The van der Waals surface area contributed by atoms with Crippen LogP contribution in [0.4, 0.5) is 5.69 Å². The van der Waals surface area contributed by atoms with Crippen LogP contribution in [0, 0.1) is 16.0 Å². The van der Waals surface area contributed by atoms with Crippen molar-refractivity contribution in [2.45, 2.75) is 32.3 Å². The molecule has 0 aliphatic carbocycles. The fraction of sp³-hybridized carbons (Fsp3) is 0.600. The van der Waals surface area contributed by atoms with E-state index in [0.29, 0.717) is 5.92 Å². The van der Waals surface area contributed by atoms with Gasteiger partial charge in [-0.2, -0.15) is 0 Å². The highest BCUT2D eigenvalue weighted by Crippen LogP contribution is 2.21. The van der Waals surface area contributed by atoms with Gasteiger partial charge in [0.1, 0.15) is 0 Å². The summed E-state index contributed by atoms with van der Waals surface area (Å²) in [5.41, 5.74) is 1.28. The number of piperidine rings is 1. The van der Waals surface area contributed by atoms with Gasteiger partial charge in [0.2, 0.25) is 0 Å². The lowest BCUT2D eigenvalue weighted by Crippen LogP contribution is -2.38. The van der Waals surface area contributed by atoms with Crippen molar-refractivity contribution in [3.05, 3.63) is 39.9 Å². The number of likely N-dealkylation sites (tertiary alicyclic amines) is 1. The summed E-state index contributed by atoms with van der Waals surface area (Å²) in [6.45, 7) is 4.91. The van der Waals surface area contributed by atoms with Crippen LogP contribution in [-0.2, 0) is 6.42 Å². The van der Waals surface area contributed by atoms with Gasteiger partial charge < -0.3 is 10.0 Å². The molecule has 0 bridgehead atoms. The van der Waals surface area contributed by atoms with Crippen LogP contribution >= 0.6 is 0 Å². The fourth-order valence-corrected chi connectivity index (χ4v) is 2.73. The molecule has 0 spiro atoms. The number of rotatable bonds is 5. The highest BCUT2D eigenvalue weighted by molar-refractivity contribution is 5.32. The van der Waals surface area contributed by atoms with E-state index in [1.54, 1.807) is 12.1 Å². The third-order valence-electron chi connectivity index (χ3n) is 4.18. The first-order valence-electron chi connectivity index (χ1n) is 7.20. The van der Waals surface area contributed by atoms with Gasteiger partial charge >= 0.3 is 0 Å². The summed E-state index contributed by atoms with van der Waals surface area (Å²) in [4.78, 5) is 12.6. The second-order valence-corrected chi connectivity index (χ2v) is 5.59. The zero-order chi connectivity index (χ0) is 14.5. The molecular weight excluding hydrogens is 256 g/mol. The zero-order valence-corrected chi connectivity index (χ0v) is 11.9. The molecule has 5 nitrogen and oxygen atoms in total. The molecule has 5 heteroatoms. The van der Waals surface area contributed by atoms with Crippen molar-refractivity contribution in [2.75, 3.05) is 19.6 Å². The molecule has 1 heterocycles. The lowest BCUT2D eigenvalue weighted by Gasteiger charge is -2.33. The second-order valence-electron chi connectivity index (χ2n) is 5.59. The maximum absolute atomic E-state index is 10.6. The number of hydrogen-bond donors (Lipinski definition) is 1. The number of aliphatic hydroxyl groups is 1. The molecule has 1 fully saturated rings. The molecule has 2 rings (SSSR count). The number of nitro groups is 1. The van der Waals surface area contributed by atoms with Crippen molar-refractivity contribution in [3.8, 4) is 0 Å². The predicted octanol–water partition coefficient (Wildman–Crippen LogP) is 2.23. The molecular formula is C15H22N2O3. The van der Waals surface area contributed by atoms with Gasteiger partial charge in [-0.3, -0.25) is 10.1 Å². The largest absolute Gasteiger partial charge is 0.393 e. The van der Waals surface area contributed by atoms with E-state index in [4.69, 9.17) is 0 Å². The topological polar surface area (TPSA) is 66.6 Å². The maximum atomic E-state index is 10.6. The van der Waals surface area contributed by atoms with E-state index in [0.717, 1.165) is 44.5 Å². The van der Waals surface area contributed by atoms with E-state index in [1.807, 2.05) is 19.1 Å². The Balaban J connectivity index is 1.77. The van der Waals surface area contributed by atoms with Gasteiger partial charge in [0.25, 0.3) is 5.69 Å².